The standard InChI is InChI=1S/C13H9BrN2.C8H6BrN.C5H4ClN.CH2O3.2Cs.H/c14-11-2-1-10-5-8-16(13(10)9-11)12-3-6-15-7-4-12;9-7-2-1-6-3-4-10-8(6)5-7;6-5-1-3-7-4-2-5;2-1-4-3;;;/h1-9H;1-5,10H;1-4H;1,3H;;;/q;;;;2*+1;-1/p-1. The Morgan fingerprint density at radius 1 is 0.846 bits per heavy atom. The summed E-state index contributed by atoms with van der Waals surface area (Å²) in [7, 11) is 0. The van der Waals surface area contributed by atoms with E-state index in [0.717, 1.165) is 19.7 Å². The van der Waals surface area contributed by atoms with Crippen LogP contribution in [0, 0.1) is 0 Å². The van der Waals surface area contributed by atoms with Crippen LogP contribution in [0.15, 0.2) is 119 Å². The largest absolute Gasteiger partial charge is 1.00 e. The van der Waals surface area contributed by atoms with E-state index in [1.165, 1.54) is 21.8 Å². The van der Waals surface area contributed by atoms with Gasteiger partial charge in [0.25, 0.3) is 6.47 Å². The minimum Gasteiger partial charge on any atom is -1.00 e. The number of carbonyl (C=O) groups is 1. The summed E-state index contributed by atoms with van der Waals surface area (Å²) < 4.78 is 4.36. The number of rotatable bonds is 2. The normalized spacial score (nSPS) is 9.23. The van der Waals surface area contributed by atoms with Gasteiger partial charge in [-0.1, -0.05) is 55.6 Å². The third-order valence-corrected chi connectivity index (χ3v) is 6.03. The molecule has 6 aromatic rings. The van der Waals surface area contributed by atoms with Crippen molar-refractivity contribution in [2.75, 3.05) is 0 Å². The smallest absolute Gasteiger partial charge is 1.00 e. The van der Waals surface area contributed by atoms with E-state index in [2.05, 4.69) is 105 Å². The third kappa shape index (κ3) is 13.2. The van der Waals surface area contributed by atoms with Crippen LogP contribution >= 0.6 is 43.5 Å². The number of nitrogens with one attached hydrogen (secondary N) is 1. The van der Waals surface area contributed by atoms with Crippen LogP contribution in [0.1, 0.15) is 1.43 Å². The van der Waals surface area contributed by atoms with Crippen LogP contribution in [0.5, 0.6) is 0 Å². The van der Waals surface area contributed by atoms with Crippen molar-refractivity contribution in [1.29, 1.82) is 0 Å². The van der Waals surface area contributed by atoms with Gasteiger partial charge in [-0.15, -0.1) is 0 Å². The van der Waals surface area contributed by atoms with Crippen LogP contribution in [-0.2, 0) is 9.68 Å². The molecule has 7 nitrogen and oxygen atoms in total. The Kier molecular flexibility index (Phi) is 20.6. The minimum atomic E-state index is -0.181. The van der Waals surface area contributed by atoms with Crippen LogP contribution in [0.25, 0.3) is 27.5 Å². The molecule has 0 fully saturated rings. The van der Waals surface area contributed by atoms with Crippen molar-refractivity contribution >= 4 is 71.7 Å². The van der Waals surface area contributed by atoms with Crippen molar-refractivity contribution < 1.29 is 154 Å². The summed E-state index contributed by atoms with van der Waals surface area (Å²) in [6, 6.07) is 24.1. The van der Waals surface area contributed by atoms with Crippen LogP contribution in [-0.4, -0.2) is 26.0 Å². The summed E-state index contributed by atoms with van der Waals surface area (Å²) in [4.78, 5) is 22.2. The van der Waals surface area contributed by atoms with Crippen molar-refractivity contribution in [2.45, 2.75) is 0 Å². The summed E-state index contributed by atoms with van der Waals surface area (Å²) in [6.45, 7) is -0.181. The van der Waals surface area contributed by atoms with E-state index >= 15 is 0 Å². The number of carbonyl (C=O) groups excluding carboxylic acids is 1. The molecule has 0 aliphatic heterocycles. The fourth-order valence-electron chi connectivity index (χ4n) is 3.19. The van der Waals surface area contributed by atoms with Gasteiger partial charge in [-0.05, 0) is 66.0 Å². The van der Waals surface area contributed by atoms with Gasteiger partial charge in [0, 0.05) is 67.7 Å². The molecular weight excluding hydrogens is 889 g/mol. The SMILES string of the molecule is Brc1ccc2cc[nH]c2c1.Brc1ccc2ccn(-c3ccncc3)c2c1.Clc1ccncc1.O=CO[O-].[Cs+].[Cs+].[H-]. The molecule has 0 saturated heterocycles. The maximum Gasteiger partial charge on any atom is 1.00 e. The second-order valence-electron chi connectivity index (χ2n) is 7.16. The van der Waals surface area contributed by atoms with Gasteiger partial charge >= 0.3 is 138 Å². The van der Waals surface area contributed by atoms with Crippen molar-refractivity contribution in [1.82, 2.24) is 19.5 Å². The Morgan fingerprint density at radius 2 is 1.41 bits per heavy atom. The summed E-state index contributed by atoms with van der Waals surface area (Å²) in [5.74, 6) is 0. The number of pyridine rings is 2. The molecule has 0 aliphatic carbocycles. The first kappa shape index (κ1) is 37.6. The maximum absolute atomic E-state index is 8.64. The average Bonchev–Trinajstić information content (AvgIpc) is 3.57. The van der Waals surface area contributed by atoms with Crippen LogP contribution in [0.2, 0.25) is 5.02 Å². The van der Waals surface area contributed by atoms with Gasteiger partial charge in [0.05, 0.1) is 5.52 Å². The zero-order valence-corrected chi connectivity index (χ0v) is 37.7. The number of hydrogen-bond donors (Lipinski definition) is 1. The molecule has 0 saturated carbocycles. The molecule has 0 unspecified atom stereocenters. The summed E-state index contributed by atoms with van der Waals surface area (Å²) in [5, 5.41) is 11.7. The summed E-state index contributed by atoms with van der Waals surface area (Å²) in [6.07, 6.45) is 10.9. The predicted molar refractivity (Wildman–Crippen MR) is 152 cm³/mol. The molecule has 0 amide bonds. The number of nitrogens with zero attached hydrogens (tertiary/aromatic N) is 3. The van der Waals surface area contributed by atoms with Gasteiger partial charge < -0.3 is 21.1 Å². The maximum atomic E-state index is 8.64. The van der Waals surface area contributed by atoms with Gasteiger partial charge in [-0.25, -0.2) is 0 Å². The fourth-order valence-corrected chi connectivity index (χ4v) is 4.01. The van der Waals surface area contributed by atoms with E-state index in [1.807, 2.05) is 24.4 Å². The first-order valence-electron chi connectivity index (χ1n) is 10.7. The Labute approximate surface area is 367 Å². The molecular formula is C27H21Br2ClCs2N4O3. The van der Waals surface area contributed by atoms with Gasteiger partial charge in [0.2, 0.25) is 0 Å². The van der Waals surface area contributed by atoms with E-state index in [9.17, 15) is 0 Å². The zero-order valence-electron chi connectivity index (χ0n) is 22.2. The Morgan fingerprint density at radius 3 is 1.97 bits per heavy atom. The summed E-state index contributed by atoms with van der Waals surface area (Å²) in [5.41, 5.74) is 3.50. The number of benzene rings is 2. The third-order valence-electron chi connectivity index (χ3n) is 4.79. The number of aromatic nitrogens is 4. The molecule has 4 aromatic heterocycles. The molecule has 0 radical (unpaired) electrons. The molecule has 1 N–H and O–H groups in total. The number of hydrogen-bond acceptors (Lipinski definition) is 5. The van der Waals surface area contributed by atoms with Crippen molar-refractivity contribution in [3.63, 3.8) is 0 Å². The first-order valence-corrected chi connectivity index (χ1v) is 12.7. The Balaban J connectivity index is 0.000000551. The number of aromatic amines is 1. The molecule has 6 rings (SSSR count). The minimum absolute atomic E-state index is 0. The van der Waals surface area contributed by atoms with Crippen LogP contribution in [0.4, 0.5) is 0 Å². The summed E-state index contributed by atoms with van der Waals surface area (Å²) >= 11 is 12.4. The molecule has 4 heterocycles. The van der Waals surface area contributed by atoms with E-state index < -0.39 is 0 Å². The van der Waals surface area contributed by atoms with Crippen molar-refractivity contribution in [3.8, 4) is 5.69 Å². The molecule has 2 aromatic carbocycles. The van der Waals surface area contributed by atoms with Crippen LogP contribution < -0.4 is 143 Å². The van der Waals surface area contributed by atoms with Crippen molar-refractivity contribution in [2.24, 2.45) is 0 Å². The van der Waals surface area contributed by atoms with E-state index in [-0.39, 0.29) is 146 Å². The van der Waals surface area contributed by atoms with Gasteiger partial charge in [0.15, 0.2) is 0 Å². The number of fused-ring (bicyclic) bond motifs is 2. The van der Waals surface area contributed by atoms with E-state index in [0.29, 0.717) is 0 Å². The van der Waals surface area contributed by atoms with E-state index in [1.54, 1.807) is 36.9 Å². The van der Waals surface area contributed by atoms with Gasteiger partial charge in [-0.2, -0.15) is 0 Å². The molecule has 39 heavy (non-hydrogen) atoms. The molecule has 0 bridgehead atoms. The average molecular weight is 911 g/mol. The van der Waals surface area contributed by atoms with Gasteiger partial charge in [-0.3, -0.25) is 14.8 Å². The second kappa shape index (κ2) is 21.3. The molecule has 0 spiro atoms. The predicted octanol–water partition coefficient (Wildman–Crippen LogP) is 1.01. The number of H-pyrrole nitrogens is 1. The first-order chi connectivity index (χ1) is 18.0. The van der Waals surface area contributed by atoms with Gasteiger partial charge in [0.1, 0.15) is 0 Å². The molecule has 12 heteroatoms. The topological polar surface area (TPSA) is 95.9 Å². The number of halogens is 3. The Bertz CT molecular complexity index is 1540. The Hall–Kier alpha value is 0.604. The van der Waals surface area contributed by atoms with E-state index in [4.69, 9.17) is 21.7 Å². The monoisotopic (exact) mass is 908 g/mol. The fraction of sp³-hybridized carbons (Fsp3) is 0. The molecule has 0 atom stereocenters. The second-order valence-corrected chi connectivity index (χ2v) is 9.43. The molecule has 0 aliphatic rings. The van der Waals surface area contributed by atoms with Crippen LogP contribution in [0.3, 0.4) is 0 Å². The van der Waals surface area contributed by atoms with Crippen molar-refractivity contribution in [3.05, 3.63) is 124 Å². The molecule has 190 valence electrons. The quantitative estimate of drug-likeness (QED) is 0.159. The zero-order chi connectivity index (χ0) is 26.5.